The number of hydrogen-bond donors (Lipinski definition) is 1. The highest BCUT2D eigenvalue weighted by molar-refractivity contribution is 7.89. The summed E-state index contributed by atoms with van der Waals surface area (Å²) in [7, 11) is -3.60. The fourth-order valence-corrected chi connectivity index (χ4v) is 6.64. The molecule has 1 fully saturated rings. The molecule has 0 atom stereocenters. The molecule has 1 aliphatic heterocycles. The number of nitriles is 1. The van der Waals surface area contributed by atoms with Gasteiger partial charge in [0, 0.05) is 23.5 Å². The van der Waals surface area contributed by atoms with Crippen LogP contribution in [0.15, 0.2) is 29.2 Å². The summed E-state index contributed by atoms with van der Waals surface area (Å²) in [6.45, 7) is 1.04. The van der Waals surface area contributed by atoms with Gasteiger partial charge in [-0.2, -0.15) is 9.57 Å². The molecule has 1 N–H and O–H groups in total. The SMILES string of the molecule is N#Cc1c(NC(=O)c2cccc(S(=O)(=O)N3CCCCC3)c2)sc2c1CCC2. The van der Waals surface area contributed by atoms with Crippen molar-refractivity contribution in [3.05, 3.63) is 45.8 Å². The lowest BCUT2D eigenvalue weighted by atomic mass is 10.1. The number of anilines is 1. The van der Waals surface area contributed by atoms with Gasteiger partial charge in [0.2, 0.25) is 10.0 Å². The van der Waals surface area contributed by atoms with Gasteiger partial charge in [-0.1, -0.05) is 12.5 Å². The van der Waals surface area contributed by atoms with E-state index in [0.29, 0.717) is 23.7 Å². The normalized spacial score (nSPS) is 17.1. The molecule has 0 bridgehead atoms. The predicted octanol–water partition coefficient (Wildman–Crippen LogP) is 3.54. The van der Waals surface area contributed by atoms with E-state index in [0.717, 1.165) is 49.0 Å². The Labute approximate surface area is 168 Å². The van der Waals surface area contributed by atoms with Crippen molar-refractivity contribution >= 4 is 32.3 Å². The fraction of sp³-hybridized carbons (Fsp3) is 0.400. The van der Waals surface area contributed by atoms with Gasteiger partial charge >= 0.3 is 0 Å². The van der Waals surface area contributed by atoms with Gasteiger partial charge in [0.25, 0.3) is 5.91 Å². The molecular weight excluding hydrogens is 394 g/mol. The van der Waals surface area contributed by atoms with Gasteiger partial charge in [-0.15, -0.1) is 11.3 Å². The third kappa shape index (κ3) is 3.46. The maximum atomic E-state index is 12.9. The number of fused-ring (bicyclic) bond motifs is 1. The zero-order valence-corrected chi connectivity index (χ0v) is 17.0. The van der Waals surface area contributed by atoms with Crippen molar-refractivity contribution in [2.75, 3.05) is 18.4 Å². The number of nitrogens with one attached hydrogen (secondary N) is 1. The van der Waals surface area contributed by atoms with E-state index in [1.54, 1.807) is 12.1 Å². The minimum absolute atomic E-state index is 0.135. The molecule has 1 aliphatic carbocycles. The van der Waals surface area contributed by atoms with Crippen LogP contribution in [0.5, 0.6) is 0 Å². The molecule has 0 radical (unpaired) electrons. The lowest BCUT2D eigenvalue weighted by Gasteiger charge is -2.26. The second-order valence-electron chi connectivity index (χ2n) is 7.12. The van der Waals surface area contributed by atoms with E-state index >= 15 is 0 Å². The zero-order valence-electron chi connectivity index (χ0n) is 15.4. The first-order chi connectivity index (χ1) is 13.5. The van der Waals surface area contributed by atoms with Crippen LogP contribution in [-0.2, 0) is 22.9 Å². The molecule has 0 spiro atoms. The smallest absolute Gasteiger partial charge is 0.256 e. The summed E-state index contributed by atoms with van der Waals surface area (Å²) in [5.74, 6) is -0.396. The molecule has 2 aromatic rings. The second-order valence-corrected chi connectivity index (χ2v) is 10.2. The predicted molar refractivity (Wildman–Crippen MR) is 108 cm³/mol. The number of aryl methyl sites for hydroxylation is 1. The average Bonchev–Trinajstić information content (AvgIpc) is 3.29. The molecule has 1 amide bonds. The number of carbonyl (C=O) groups is 1. The summed E-state index contributed by atoms with van der Waals surface area (Å²) >= 11 is 1.45. The molecule has 2 heterocycles. The van der Waals surface area contributed by atoms with Crippen molar-refractivity contribution in [3.8, 4) is 6.07 Å². The Morgan fingerprint density at radius 3 is 2.68 bits per heavy atom. The van der Waals surface area contributed by atoms with Crippen LogP contribution in [0.1, 0.15) is 52.0 Å². The molecule has 1 saturated heterocycles. The summed E-state index contributed by atoms with van der Waals surface area (Å²) in [5.41, 5.74) is 1.86. The van der Waals surface area contributed by atoms with E-state index in [4.69, 9.17) is 0 Å². The monoisotopic (exact) mass is 415 g/mol. The molecule has 2 aliphatic rings. The maximum Gasteiger partial charge on any atom is 0.256 e. The number of piperidine rings is 1. The minimum atomic E-state index is -3.60. The summed E-state index contributed by atoms with van der Waals surface area (Å²) in [6, 6.07) is 8.34. The number of nitrogens with zero attached hydrogens (tertiary/aromatic N) is 2. The lowest BCUT2D eigenvalue weighted by molar-refractivity contribution is 0.102. The number of carbonyl (C=O) groups excluding carboxylic acids is 1. The highest BCUT2D eigenvalue weighted by Gasteiger charge is 2.27. The van der Waals surface area contributed by atoms with E-state index in [9.17, 15) is 18.5 Å². The molecule has 0 unspecified atom stereocenters. The van der Waals surface area contributed by atoms with E-state index in [-0.39, 0.29) is 10.5 Å². The van der Waals surface area contributed by atoms with Crippen LogP contribution in [0.3, 0.4) is 0 Å². The zero-order chi connectivity index (χ0) is 19.7. The Hall–Kier alpha value is -2.21. The molecule has 6 nitrogen and oxygen atoms in total. The van der Waals surface area contributed by atoms with Gasteiger partial charge < -0.3 is 5.32 Å². The van der Waals surface area contributed by atoms with Gasteiger partial charge in [-0.3, -0.25) is 4.79 Å². The van der Waals surface area contributed by atoms with E-state index in [2.05, 4.69) is 11.4 Å². The van der Waals surface area contributed by atoms with Crippen LogP contribution < -0.4 is 5.32 Å². The maximum absolute atomic E-state index is 12.9. The van der Waals surface area contributed by atoms with Gasteiger partial charge in [0.1, 0.15) is 11.1 Å². The summed E-state index contributed by atoms with van der Waals surface area (Å²) in [5, 5.41) is 12.8. The molecule has 4 rings (SSSR count). The van der Waals surface area contributed by atoms with Crippen LogP contribution in [0, 0.1) is 11.3 Å². The summed E-state index contributed by atoms with van der Waals surface area (Å²) in [6.07, 6.45) is 5.61. The standard InChI is InChI=1S/C20H21N3O3S2/c21-13-17-16-8-5-9-18(16)27-20(17)22-19(24)14-6-4-7-15(12-14)28(25,26)23-10-2-1-3-11-23/h4,6-7,12H,1-3,5,8-11H2,(H,22,24). The van der Waals surface area contributed by atoms with Crippen LogP contribution in [0.4, 0.5) is 5.00 Å². The van der Waals surface area contributed by atoms with Gasteiger partial charge in [0.05, 0.1) is 10.5 Å². The van der Waals surface area contributed by atoms with Crippen molar-refractivity contribution in [1.29, 1.82) is 5.26 Å². The average molecular weight is 416 g/mol. The Morgan fingerprint density at radius 1 is 1.14 bits per heavy atom. The second kappa shape index (κ2) is 7.66. The number of benzene rings is 1. The Balaban J connectivity index is 1.58. The van der Waals surface area contributed by atoms with Crippen molar-refractivity contribution in [2.24, 2.45) is 0 Å². The number of sulfonamides is 1. The first-order valence-electron chi connectivity index (χ1n) is 9.47. The van der Waals surface area contributed by atoms with Gasteiger partial charge in [0.15, 0.2) is 0 Å². The van der Waals surface area contributed by atoms with E-state index < -0.39 is 15.9 Å². The molecule has 1 aromatic carbocycles. The van der Waals surface area contributed by atoms with Gasteiger partial charge in [-0.05, 0) is 55.9 Å². The fourth-order valence-electron chi connectivity index (χ4n) is 3.84. The lowest BCUT2D eigenvalue weighted by Crippen LogP contribution is -2.35. The van der Waals surface area contributed by atoms with Crippen molar-refractivity contribution in [3.63, 3.8) is 0 Å². The number of amides is 1. The minimum Gasteiger partial charge on any atom is -0.312 e. The Bertz CT molecular complexity index is 1060. The Morgan fingerprint density at radius 2 is 1.93 bits per heavy atom. The third-order valence-corrected chi connectivity index (χ3v) is 8.41. The quantitative estimate of drug-likeness (QED) is 0.827. The van der Waals surface area contributed by atoms with Crippen LogP contribution in [-0.4, -0.2) is 31.7 Å². The number of hydrogen-bond acceptors (Lipinski definition) is 5. The van der Waals surface area contributed by atoms with Crippen molar-refractivity contribution < 1.29 is 13.2 Å². The van der Waals surface area contributed by atoms with Crippen LogP contribution in [0.25, 0.3) is 0 Å². The molecule has 8 heteroatoms. The van der Waals surface area contributed by atoms with E-state index in [1.807, 2.05) is 0 Å². The summed E-state index contributed by atoms with van der Waals surface area (Å²) < 4.78 is 27.2. The first-order valence-corrected chi connectivity index (χ1v) is 11.7. The third-order valence-electron chi connectivity index (χ3n) is 5.31. The van der Waals surface area contributed by atoms with Crippen LogP contribution >= 0.6 is 11.3 Å². The summed E-state index contributed by atoms with van der Waals surface area (Å²) in [4.78, 5) is 14.0. The molecule has 146 valence electrons. The molecule has 1 aromatic heterocycles. The number of thiophene rings is 1. The number of rotatable bonds is 4. The molecule has 28 heavy (non-hydrogen) atoms. The van der Waals surface area contributed by atoms with Crippen molar-refractivity contribution in [2.45, 2.75) is 43.4 Å². The largest absolute Gasteiger partial charge is 0.312 e. The van der Waals surface area contributed by atoms with Crippen LogP contribution in [0.2, 0.25) is 0 Å². The topological polar surface area (TPSA) is 90.3 Å². The molecule has 0 saturated carbocycles. The van der Waals surface area contributed by atoms with Gasteiger partial charge in [-0.25, -0.2) is 8.42 Å². The van der Waals surface area contributed by atoms with Crippen molar-refractivity contribution in [1.82, 2.24) is 4.31 Å². The Kier molecular flexibility index (Phi) is 5.23. The highest BCUT2D eigenvalue weighted by Crippen LogP contribution is 2.38. The molecular formula is C20H21N3O3S2. The first kappa shape index (κ1) is 19.1. The highest BCUT2D eigenvalue weighted by atomic mass is 32.2. The van der Waals surface area contributed by atoms with E-state index in [1.165, 1.54) is 27.8 Å².